The molecule has 156 valence electrons. The maximum absolute atomic E-state index is 14.0. The van der Waals surface area contributed by atoms with Gasteiger partial charge in [0.15, 0.2) is 0 Å². The van der Waals surface area contributed by atoms with Crippen molar-refractivity contribution in [3.05, 3.63) is 90.0 Å². The molecule has 4 heterocycles. The third kappa shape index (κ3) is 3.54. The molecule has 0 N–H and O–H groups in total. The van der Waals surface area contributed by atoms with Gasteiger partial charge in [-0.1, -0.05) is 12.1 Å². The molecule has 2 aliphatic heterocycles. The summed E-state index contributed by atoms with van der Waals surface area (Å²) < 4.78 is 14.0. The second-order valence-electron chi connectivity index (χ2n) is 7.93. The standard InChI is InChI=1S/C23H20FN5O2/c24-18-5-1-3-15(9-18)21-19-13-28(23(31)20-6-8-26-14-27-20)11-17(19)12-29(21)22(30)16-4-2-7-25-10-16/h1-10,14,17,19,21H,11-13H2/t17-,19-,21-/m0/s1. The number of carbonyl (C=O) groups excluding carboxylic acids is 2. The summed E-state index contributed by atoms with van der Waals surface area (Å²) in [5.41, 5.74) is 1.58. The number of carbonyl (C=O) groups is 2. The van der Waals surface area contributed by atoms with Gasteiger partial charge in [-0.2, -0.15) is 0 Å². The Balaban J connectivity index is 1.46. The van der Waals surface area contributed by atoms with E-state index in [1.807, 2.05) is 6.07 Å². The zero-order valence-corrected chi connectivity index (χ0v) is 16.6. The zero-order chi connectivity index (χ0) is 21.4. The SMILES string of the molecule is O=C(c1ccncn1)N1C[C@H]2CN(C(=O)c3cccnc3)[C@@H](c3cccc(F)c3)[C@H]2C1. The summed E-state index contributed by atoms with van der Waals surface area (Å²) in [5.74, 6) is -0.528. The molecule has 7 nitrogen and oxygen atoms in total. The van der Waals surface area contributed by atoms with Gasteiger partial charge in [-0.05, 0) is 35.9 Å². The molecule has 0 bridgehead atoms. The number of likely N-dealkylation sites (tertiary alicyclic amines) is 2. The number of benzene rings is 1. The van der Waals surface area contributed by atoms with E-state index in [1.54, 1.807) is 52.7 Å². The average molecular weight is 417 g/mol. The molecular formula is C23H20FN5O2. The van der Waals surface area contributed by atoms with Crippen LogP contribution in [0.25, 0.3) is 0 Å². The van der Waals surface area contributed by atoms with Crippen molar-refractivity contribution in [1.29, 1.82) is 0 Å². The molecule has 2 fully saturated rings. The Hall–Kier alpha value is -3.68. The Kier molecular flexibility index (Phi) is 4.89. The van der Waals surface area contributed by atoms with Crippen LogP contribution in [0.2, 0.25) is 0 Å². The summed E-state index contributed by atoms with van der Waals surface area (Å²) in [5, 5.41) is 0. The summed E-state index contributed by atoms with van der Waals surface area (Å²) in [7, 11) is 0. The van der Waals surface area contributed by atoms with Gasteiger partial charge in [0.25, 0.3) is 11.8 Å². The Morgan fingerprint density at radius 3 is 2.61 bits per heavy atom. The molecule has 1 aromatic carbocycles. The minimum absolute atomic E-state index is 0.00760. The fraction of sp³-hybridized carbons (Fsp3) is 0.261. The largest absolute Gasteiger partial charge is 0.337 e. The van der Waals surface area contributed by atoms with Crippen LogP contribution in [0, 0.1) is 17.7 Å². The van der Waals surface area contributed by atoms with E-state index in [2.05, 4.69) is 15.0 Å². The van der Waals surface area contributed by atoms with Gasteiger partial charge in [0.1, 0.15) is 17.8 Å². The van der Waals surface area contributed by atoms with Crippen LogP contribution >= 0.6 is 0 Å². The van der Waals surface area contributed by atoms with Crippen LogP contribution in [0.1, 0.15) is 32.5 Å². The predicted molar refractivity (Wildman–Crippen MR) is 109 cm³/mol. The molecular weight excluding hydrogens is 397 g/mol. The lowest BCUT2D eigenvalue weighted by Crippen LogP contribution is -2.37. The van der Waals surface area contributed by atoms with Crippen LogP contribution in [0.15, 0.2) is 67.4 Å². The summed E-state index contributed by atoms with van der Waals surface area (Å²) in [6.45, 7) is 1.49. The van der Waals surface area contributed by atoms with E-state index in [9.17, 15) is 14.0 Å². The molecule has 0 radical (unpaired) electrons. The van der Waals surface area contributed by atoms with Crippen molar-refractivity contribution >= 4 is 11.8 Å². The zero-order valence-electron chi connectivity index (χ0n) is 16.6. The molecule has 0 saturated carbocycles. The summed E-state index contributed by atoms with van der Waals surface area (Å²) in [6.07, 6.45) is 6.06. The first kappa shape index (κ1) is 19.3. The number of hydrogen-bond donors (Lipinski definition) is 0. The van der Waals surface area contributed by atoms with Crippen molar-refractivity contribution in [2.24, 2.45) is 11.8 Å². The maximum atomic E-state index is 14.0. The molecule has 0 unspecified atom stereocenters. The number of fused-ring (bicyclic) bond motifs is 1. The number of pyridine rings is 1. The number of halogens is 1. The fourth-order valence-electron chi connectivity index (χ4n) is 4.77. The molecule has 3 atom stereocenters. The molecule has 5 rings (SSSR count). The van der Waals surface area contributed by atoms with E-state index in [4.69, 9.17) is 0 Å². The Labute approximate surface area is 178 Å². The van der Waals surface area contributed by atoms with E-state index in [0.29, 0.717) is 30.9 Å². The Morgan fingerprint density at radius 2 is 1.87 bits per heavy atom. The second kappa shape index (κ2) is 7.86. The van der Waals surface area contributed by atoms with Crippen LogP contribution < -0.4 is 0 Å². The van der Waals surface area contributed by atoms with Gasteiger partial charge < -0.3 is 9.80 Å². The first-order valence-electron chi connectivity index (χ1n) is 10.1. The average Bonchev–Trinajstić information content (AvgIpc) is 3.37. The van der Waals surface area contributed by atoms with Crippen LogP contribution in [0.4, 0.5) is 4.39 Å². The van der Waals surface area contributed by atoms with Crippen LogP contribution in [-0.2, 0) is 0 Å². The number of nitrogens with zero attached hydrogens (tertiary/aromatic N) is 5. The number of rotatable bonds is 3. The number of amides is 2. The monoisotopic (exact) mass is 417 g/mol. The maximum Gasteiger partial charge on any atom is 0.272 e. The minimum atomic E-state index is -0.346. The minimum Gasteiger partial charge on any atom is -0.337 e. The highest BCUT2D eigenvalue weighted by molar-refractivity contribution is 5.95. The third-order valence-corrected chi connectivity index (χ3v) is 6.11. The first-order chi connectivity index (χ1) is 15.1. The van der Waals surface area contributed by atoms with Gasteiger partial charge in [0.05, 0.1) is 11.6 Å². The summed E-state index contributed by atoms with van der Waals surface area (Å²) >= 11 is 0. The number of hydrogen-bond acceptors (Lipinski definition) is 5. The second-order valence-corrected chi connectivity index (χ2v) is 7.93. The van der Waals surface area contributed by atoms with Crippen molar-refractivity contribution in [1.82, 2.24) is 24.8 Å². The Morgan fingerprint density at radius 1 is 0.968 bits per heavy atom. The van der Waals surface area contributed by atoms with E-state index in [0.717, 1.165) is 5.56 Å². The van der Waals surface area contributed by atoms with Crippen LogP contribution in [0.3, 0.4) is 0 Å². The lowest BCUT2D eigenvalue weighted by molar-refractivity contribution is 0.0674. The molecule has 2 saturated heterocycles. The Bertz CT molecular complexity index is 1110. The molecule has 0 spiro atoms. The van der Waals surface area contributed by atoms with Crippen molar-refractivity contribution in [2.75, 3.05) is 19.6 Å². The molecule has 0 aliphatic carbocycles. The van der Waals surface area contributed by atoms with Crippen molar-refractivity contribution in [3.63, 3.8) is 0 Å². The van der Waals surface area contributed by atoms with Gasteiger partial charge >= 0.3 is 0 Å². The van der Waals surface area contributed by atoms with Crippen molar-refractivity contribution in [2.45, 2.75) is 6.04 Å². The number of aromatic nitrogens is 3. The van der Waals surface area contributed by atoms with E-state index < -0.39 is 0 Å². The molecule has 31 heavy (non-hydrogen) atoms. The molecule has 8 heteroatoms. The van der Waals surface area contributed by atoms with E-state index >= 15 is 0 Å². The van der Waals surface area contributed by atoms with Gasteiger partial charge in [0, 0.05) is 50.1 Å². The van der Waals surface area contributed by atoms with Crippen LogP contribution in [-0.4, -0.2) is 56.2 Å². The van der Waals surface area contributed by atoms with Crippen molar-refractivity contribution in [3.8, 4) is 0 Å². The summed E-state index contributed by atoms with van der Waals surface area (Å²) in [4.78, 5) is 41.7. The lowest BCUT2D eigenvalue weighted by Gasteiger charge is -2.30. The fourth-order valence-corrected chi connectivity index (χ4v) is 4.77. The van der Waals surface area contributed by atoms with Crippen molar-refractivity contribution < 1.29 is 14.0 Å². The molecule has 3 aromatic rings. The summed E-state index contributed by atoms with van der Waals surface area (Å²) in [6, 6.07) is 11.1. The third-order valence-electron chi connectivity index (χ3n) is 6.11. The highest BCUT2D eigenvalue weighted by Crippen LogP contribution is 2.45. The van der Waals surface area contributed by atoms with Gasteiger partial charge in [-0.3, -0.25) is 14.6 Å². The lowest BCUT2D eigenvalue weighted by atomic mass is 9.89. The molecule has 2 aliphatic rings. The molecule has 2 aromatic heterocycles. The van der Waals surface area contributed by atoms with E-state index in [-0.39, 0.29) is 35.5 Å². The molecule has 2 amide bonds. The highest BCUT2D eigenvalue weighted by Gasteiger charge is 2.50. The quantitative estimate of drug-likeness (QED) is 0.655. The normalized spacial score (nSPS) is 22.4. The highest BCUT2D eigenvalue weighted by atomic mass is 19.1. The van der Waals surface area contributed by atoms with Gasteiger partial charge in [-0.25, -0.2) is 14.4 Å². The topological polar surface area (TPSA) is 79.3 Å². The first-order valence-corrected chi connectivity index (χ1v) is 10.1. The van der Waals surface area contributed by atoms with E-state index in [1.165, 1.54) is 18.5 Å². The van der Waals surface area contributed by atoms with Gasteiger partial charge in [0.2, 0.25) is 0 Å². The smallest absolute Gasteiger partial charge is 0.272 e. The van der Waals surface area contributed by atoms with Gasteiger partial charge in [-0.15, -0.1) is 0 Å². The predicted octanol–water partition coefficient (Wildman–Crippen LogP) is 2.60. The van der Waals surface area contributed by atoms with Crippen LogP contribution in [0.5, 0.6) is 0 Å².